The van der Waals surface area contributed by atoms with Gasteiger partial charge in [0.2, 0.25) is 0 Å². The number of hydrogen-bond acceptors (Lipinski definition) is 5. The van der Waals surface area contributed by atoms with Gasteiger partial charge in [0.05, 0.1) is 6.61 Å². The number of rotatable bonds is 38. The van der Waals surface area contributed by atoms with Crippen LogP contribution in [0.25, 0.3) is 0 Å². The average molecular weight is 667 g/mol. The van der Waals surface area contributed by atoms with Gasteiger partial charge in [-0.2, -0.15) is 0 Å². The van der Waals surface area contributed by atoms with E-state index in [-0.39, 0.29) is 25.2 Å². The minimum absolute atomic E-state index is 0.0573. The highest BCUT2D eigenvalue weighted by molar-refractivity contribution is 5.70. The van der Waals surface area contributed by atoms with Crippen molar-refractivity contribution in [2.24, 2.45) is 5.92 Å². The molecule has 0 aliphatic rings. The van der Waals surface area contributed by atoms with E-state index in [1.165, 1.54) is 167 Å². The molecule has 1 atom stereocenters. The van der Waals surface area contributed by atoms with Gasteiger partial charge in [0.1, 0.15) is 6.61 Å². The Hall–Kier alpha value is -1.10. The first-order valence-electron chi connectivity index (χ1n) is 21.0. The lowest BCUT2D eigenvalue weighted by molar-refractivity contribution is -0.161. The summed E-state index contributed by atoms with van der Waals surface area (Å²) in [6.45, 7) is 6.53. The van der Waals surface area contributed by atoms with Crippen molar-refractivity contribution >= 4 is 11.9 Å². The molecule has 5 nitrogen and oxygen atoms in total. The Labute approximate surface area is 293 Å². The van der Waals surface area contributed by atoms with Gasteiger partial charge in [-0.15, -0.1) is 0 Å². The van der Waals surface area contributed by atoms with Crippen molar-refractivity contribution in [2.45, 2.75) is 239 Å². The standard InChI is InChI=1S/C42H82O5/c1-4-5-6-7-8-9-10-11-12-13-17-20-23-26-29-32-35-41(44)46-38-40(37-43)47-42(45)36-33-30-27-24-21-18-15-14-16-19-22-25-28-31-34-39(2)3/h39-40,43H,4-38H2,1-3H3/t40-/m0/s1. The van der Waals surface area contributed by atoms with E-state index in [4.69, 9.17) is 9.47 Å². The molecular formula is C42H82O5. The third-order valence-corrected chi connectivity index (χ3v) is 9.58. The number of carbonyl (C=O) groups excluding carboxylic acids is 2. The molecule has 0 aromatic carbocycles. The summed E-state index contributed by atoms with van der Waals surface area (Å²) in [5, 5.41) is 9.56. The molecule has 0 saturated heterocycles. The van der Waals surface area contributed by atoms with Crippen molar-refractivity contribution in [2.75, 3.05) is 13.2 Å². The van der Waals surface area contributed by atoms with Crippen LogP contribution in [0.1, 0.15) is 233 Å². The van der Waals surface area contributed by atoms with E-state index < -0.39 is 6.10 Å². The summed E-state index contributed by atoms with van der Waals surface area (Å²) in [4.78, 5) is 24.3. The van der Waals surface area contributed by atoms with E-state index in [0.29, 0.717) is 12.8 Å². The van der Waals surface area contributed by atoms with Gasteiger partial charge in [0, 0.05) is 12.8 Å². The largest absolute Gasteiger partial charge is 0.462 e. The van der Waals surface area contributed by atoms with E-state index in [1.54, 1.807) is 0 Å². The van der Waals surface area contributed by atoms with E-state index in [1.807, 2.05) is 0 Å². The van der Waals surface area contributed by atoms with Crippen molar-refractivity contribution in [3.63, 3.8) is 0 Å². The van der Waals surface area contributed by atoms with Gasteiger partial charge in [0.15, 0.2) is 6.10 Å². The highest BCUT2D eigenvalue weighted by Gasteiger charge is 2.16. The zero-order chi connectivity index (χ0) is 34.5. The number of esters is 2. The third-order valence-electron chi connectivity index (χ3n) is 9.58. The molecule has 0 bridgehead atoms. The van der Waals surface area contributed by atoms with Gasteiger partial charge in [-0.1, -0.05) is 207 Å². The van der Waals surface area contributed by atoms with Crippen LogP contribution >= 0.6 is 0 Å². The first-order valence-corrected chi connectivity index (χ1v) is 21.0. The number of aliphatic hydroxyl groups is 1. The topological polar surface area (TPSA) is 72.8 Å². The molecule has 5 heteroatoms. The Morgan fingerprint density at radius 2 is 0.787 bits per heavy atom. The van der Waals surface area contributed by atoms with Gasteiger partial charge in [-0.25, -0.2) is 0 Å². The zero-order valence-electron chi connectivity index (χ0n) is 32.0. The molecule has 0 aliphatic heterocycles. The van der Waals surface area contributed by atoms with Crippen molar-refractivity contribution in [1.82, 2.24) is 0 Å². The van der Waals surface area contributed by atoms with E-state index in [2.05, 4.69) is 20.8 Å². The maximum Gasteiger partial charge on any atom is 0.306 e. The number of aliphatic hydroxyl groups excluding tert-OH is 1. The van der Waals surface area contributed by atoms with Crippen LogP contribution < -0.4 is 0 Å². The van der Waals surface area contributed by atoms with Gasteiger partial charge in [0.25, 0.3) is 0 Å². The fourth-order valence-corrected chi connectivity index (χ4v) is 6.39. The summed E-state index contributed by atoms with van der Waals surface area (Å²) in [5.41, 5.74) is 0. The average Bonchev–Trinajstić information content (AvgIpc) is 3.06. The maximum absolute atomic E-state index is 12.2. The first-order chi connectivity index (χ1) is 23.0. The second kappa shape index (κ2) is 37.7. The molecule has 0 aliphatic carbocycles. The lowest BCUT2D eigenvalue weighted by atomic mass is 10.0. The van der Waals surface area contributed by atoms with Gasteiger partial charge in [-0.05, 0) is 18.8 Å². The quantitative estimate of drug-likeness (QED) is 0.0524. The monoisotopic (exact) mass is 667 g/mol. The highest BCUT2D eigenvalue weighted by atomic mass is 16.6. The van der Waals surface area contributed by atoms with Gasteiger partial charge >= 0.3 is 11.9 Å². The molecule has 280 valence electrons. The lowest BCUT2D eigenvalue weighted by Crippen LogP contribution is -2.28. The summed E-state index contributed by atoms with van der Waals surface area (Å²) >= 11 is 0. The summed E-state index contributed by atoms with van der Waals surface area (Å²) < 4.78 is 10.6. The van der Waals surface area contributed by atoms with Crippen LogP contribution in [0.15, 0.2) is 0 Å². The molecule has 0 fully saturated rings. The number of unbranched alkanes of at least 4 members (excludes halogenated alkanes) is 28. The Kier molecular flexibility index (Phi) is 36.8. The second-order valence-corrected chi connectivity index (χ2v) is 14.9. The molecule has 0 unspecified atom stereocenters. The predicted molar refractivity (Wildman–Crippen MR) is 201 cm³/mol. The first kappa shape index (κ1) is 45.9. The Balaban J connectivity index is 3.48. The Morgan fingerprint density at radius 1 is 0.468 bits per heavy atom. The van der Waals surface area contributed by atoms with Crippen LogP contribution in [0.2, 0.25) is 0 Å². The molecule has 0 amide bonds. The summed E-state index contributed by atoms with van der Waals surface area (Å²) in [5.74, 6) is 0.277. The molecule has 0 aromatic heterocycles. The molecule has 0 saturated carbocycles. The predicted octanol–water partition coefficient (Wildman–Crippen LogP) is 13.0. The Bertz CT molecular complexity index is 649. The van der Waals surface area contributed by atoms with E-state index in [0.717, 1.165) is 38.0 Å². The minimum Gasteiger partial charge on any atom is -0.462 e. The van der Waals surface area contributed by atoms with Gasteiger partial charge < -0.3 is 14.6 Å². The van der Waals surface area contributed by atoms with Crippen LogP contribution in [0.5, 0.6) is 0 Å². The van der Waals surface area contributed by atoms with Crippen LogP contribution in [-0.4, -0.2) is 36.4 Å². The minimum atomic E-state index is -0.762. The maximum atomic E-state index is 12.2. The SMILES string of the molecule is CCCCCCCCCCCCCCCCCCC(=O)OC[C@H](CO)OC(=O)CCCCCCCCCCCCCCCCC(C)C. The van der Waals surface area contributed by atoms with Crippen molar-refractivity contribution in [1.29, 1.82) is 0 Å². The number of hydrogen-bond donors (Lipinski definition) is 1. The van der Waals surface area contributed by atoms with Crippen molar-refractivity contribution in [3.05, 3.63) is 0 Å². The van der Waals surface area contributed by atoms with Crippen LogP contribution in [0.4, 0.5) is 0 Å². The highest BCUT2D eigenvalue weighted by Crippen LogP contribution is 2.16. The van der Waals surface area contributed by atoms with E-state index >= 15 is 0 Å². The lowest BCUT2D eigenvalue weighted by Gasteiger charge is -2.15. The second-order valence-electron chi connectivity index (χ2n) is 14.9. The van der Waals surface area contributed by atoms with Crippen LogP contribution in [0, 0.1) is 5.92 Å². The number of carbonyl (C=O) groups is 2. The molecule has 0 spiro atoms. The Morgan fingerprint density at radius 3 is 1.13 bits per heavy atom. The third kappa shape index (κ3) is 37.6. The molecular weight excluding hydrogens is 584 g/mol. The molecule has 0 aromatic rings. The smallest absolute Gasteiger partial charge is 0.306 e. The molecule has 47 heavy (non-hydrogen) atoms. The molecule has 0 radical (unpaired) electrons. The molecule has 1 N–H and O–H groups in total. The zero-order valence-corrected chi connectivity index (χ0v) is 32.0. The van der Waals surface area contributed by atoms with Crippen molar-refractivity contribution < 1.29 is 24.2 Å². The van der Waals surface area contributed by atoms with Crippen LogP contribution in [0.3, 0.4) is 0 Å². The van der Waals surface area contributed by atoms with Crippen molar-refractivity contribution in [3.8, 4) is 0 Å². The number of ether oxygens (including phenoxy) is 2. The summed E-state index contributed by atoms with van der Waals surface area (Å²) in [7, 11) is 0. The van der Waals surface area contributed by atoms with Gasteiger partial charge in [-0.3, -0.25) is 9.59 Å². The fourth-order valence-electron chi connectivity index (χ4n) is 6.39. The molecule has 0 rings (SSSR count). The van der Waals surface area contributed by atoms with E-state index in [9.17, 15) is 14.7 Å². The normalized spacial score (nSPS) is 12.1. The van der Waals surface area contributed by atoms with Crippen LogP contribution in [-0.2, 0) is 19.1 Å². The fraction of sp³-hybridized carbons (Fsp3) is 0.952. The molecule has 0 heterocycles. The summed E-state index contributed by atoms with van der Waals surface area (Å²) in [6, 6.07) is 0. The summed E-state index contributed by atoms with van der Waals surface area (Å²) in [6.07, 6.45) is 40.2.